The Morgan fingerprint density at radius 2 is 2.12 bits per heavy atom. The highest BCUT2D eigenvalue weighted by molar-refractivity contribution is 5.93. The first-order chi connectivity index (χ1) is 12.8. The van der Waals surface area contributed by atoms with E-state index in [0.717, 1.165) is 24.5 Å². The molecule has 1 amide bonds. The van der Waals surface area contributed by atoms with Gasteiger partial charge in [-0.2, -0.15) is 5.10 Å². The van der Waals surface area contributed by atoms with Gasteiger partial charge in [0.25, 0.3) is 5.91 Å². The van der Waals surface area contributed by atoms with Crippen molar-refractivity contribution in [3.63, 3.8) is 0 Å². The molecular weight excluding hydrogens is 330 g/mol. The van der Waals surface area contributed by atoms with Gasteiger partial charge in [0, 0.05) is 31.9 Å². The van der Waals surface area contributed by atoms with Crippen LogP contribution in [0.15, 0.2) is 47.2 Å². The first-order valence-corrected chi connectivity index (χ1v) is 8.87. The highest BCUT2D eigenvalue weighted by Gasteiger charge is 2.14. The van der Waals surface area contributed by atoms with E-state index in [0.29, 0.717) is 23.7 Å². The molecule has 1 aliphatic heterocycles. The molecule has 0 saturated carbocycles. The maximum Gasteiger partial charge on any atom is 0.272 e. The van der Waals surface area contributed by atoms with Crippen LogP contribution in [0.1, 0.15) is 35.3 Å². The van der Waals surface area contributed by atoms with Gasteiger partial charge in [0.1, 0.15) is 11.5 Å². The Balaban J connectivity index is 1.38. The molecule has 1 fully saturated rings. The summed E-state index contributed by atoms with van der Waals surface area (Å²) in [6.07, 6.45) is 7.09. The summed E-state index contributed by atoms with van der Waals surface area (Å²) in [7, 11) is 0. The number of hydrogen-bond acceptors (Lipinski definition) is 5. The molecule has 3 aromatic rings. The van der Waals surface area contributed by atoms with Crippen LogP contribution in [0.4, 0.5) is 5.82 Å². The van der Waals surface area contributed by atoms with Gasteiger partial charge in [0.05, 0.1) is 6.26 Å². The molecule has 0 radical (unpaired) electrons. The van der Waals surface area contributed by atoms with Gasteiger partial charge in [-0.25, -0.2) is 4.98 Å². The molecule has 0 bridgehead atoms. The number of nitrogens with zero attached hydrogens (tertiary/aromatic N) is 3. The number of nitrogens with one attached hydrogen (secondary N) is 2. The third-order valence-electron chi connectivity index (χ3n) is 4.54. The molecule has 3 aromatic heterocycles. The van der Waals surface area contributed by atoms with E-state index < -0.39 is 0 Å². The van der Waals surface area contributed by atoms with E-state index in [2.05, 4.69) is 25.4 Å². The fraction of sp³-hybridized carbons (Fsp3) is 0.316. The minimum atomic E-state index is -0.226. The Labute approximate surface area is 151 Å². The number of aromatic amines is 1. The lowest BCUT2D eigenvalue weighted by atomic mass is 10.1. The van der Waals surface area contributed by atoms with Crippen LogP contribution in [0.2, 0.25) is 0 Å². The highest BCUT2D eigenvalue weighted by Crippen LogP contribution is 2.19. The Kier molecular flexibility index (Phi) is 4.68. The number of amides is 1. The van der Waals surface area contributed by atoms with Crippen molar-refractivity contribution in [3.8, 4) is 11.5 Å². The first kappa shape index (κ1) is 16.4. The number of pyridine rings is 1. The molecule has 4 heterocycles. The second-order valence-corrected chi connectivity index (χ2v) is 6.40. The molecule has 4 rings (SSSR count). The lowest BCUT2D eigenvalue weighted by Crippen LogP contribution is -2.30. The van der Waals surface area contributed by atoms with Crippen molar-refractivity contribution >= 4 is 11.7 Å². The summed E-state index contributed by atoms with van der Waals surface area (Å²) in [5.74, 6) is 1.41. The number of H-pyrrole nitrogens is 1. The van der Waals surface area contributed by atoms with Gasteiger partial charge in [0.2, 0.25) is 0 Å². The number of furan rings is 1. The van der Waals surface area contributed by atoms with Gasteiger partial charge in [0.15, 0.2) is 11.5 Å². The summed E-state index contributed by atoms with van der Waals surface area (Å²) < 4.78 is 5.30. The fourth-order valence-electron chi connectivity index (χ4n) is 3.14. The van der Waals surface area contributed by atoms with E-state index in [1.54, 1.807) is 24.6 Å². The summed E-state index contributed by atoms with van der Waals surface area (Å²) in [4.78, 5) is 19.1. The molecule has 7 heteroatoms. The summed E-state index contributed by atoms with van der Waals surface area (Å²) in [6, 6.07) is 9.25. The van der Waals surface area contributed by atoms with Crippen LogP contribution in [0, 0.1) is 0 Å². The zero-order chi connectivity index (χ0) is 17.8. The summed E-state index contributed by atoms with van der Waals surface area (Å²) in [6.45, 7) is 2.53. The first-order valence-electron chi connectivity index (χ1n) is 8.87. The zero-order valence-corrected chi connectivity index (χ0v) is 14.4. The van der Waals surface area contributed by atoms with Gasteiger partial charge >= 0.3 is 0 Å². The third kappa shape index (κ3) is 3.61. The molecule has 0 unspecified atom stereocenters. The van der Waals surface area contributed by atoms with Crippen LogP contribution in [0.3, 0.4) is 0 Å². The van der Waals surface area contributed by atoms with Crippen LogP contribution in [0.25, 0.3) is 11.5 Å². The van der Waals surface area contributed by atoms with E-state index in [1.165, 1.54) is 19.3 Å². The predicted octanol–water partition coefficient (Wildman–Crippen LogP) is 2.99. The van der Waals surface area contributed by atoms with Gasteiger partial charge in [-0.3, -0.25) is 9.89 Å². The van der Waals surface area contributed by atoms with E-state index in [1.807, 2.05) is 18.2 Å². The number of hydrogen-bond donors (Lipinski definition) is 2. The number of aromatic nitrogens is 3. The minimum absolute atomic E-state index is 0.226. The Hall–Kier alpha value is -3.09. The van der Waals surface area contributed by atoms with E-state index in [9.17, 15) is 4.79 Å². The minimum Gasteiger partial charge on any atom is -0.463 e. The van der Waals surface area contributed by atoms with Gasteiger partial charge in [-0.15, -0.1) is 0 Å². The summed E-state index contributed by atoms with van der Waals surface area (Å²) in [5.41, 5.74) is 2.04. The fourth-order valence-corrected chi connectivity index (χ4v) is 3.14. The van der Waals surface area contributed by atoms with Gasteiger partial charge in [-0.05, 0) is 49.1 Å². The van der Waals surface area contributed by atoms with Crippen LogP contribution < -0.4 is 10.2 Å². The van der Waals surface area contributed by atoms with E-state index in [4.69, 9.17) is 4.42 Å². The molecule has 0 aliphatic carbocycles. The molecule has 7 nitrogen and oxygen atoms in total. The van der Waals surface area contributed by atoms with E-state index in [-0.39, 0.29) is 5.91 Å². The van der Waals surface area contributed by atoms with Crippen LogP contribution in [0.5, 0.6) is 0 Å². The number of carbonyl (C=O) groups excluding carboxylic acids is 1. The number of piperidine rings is 1. The van der Waals surface area contributed by atoms with Gasteiger partial charge < -0.3 is 14.6 Å². The molecule has 1 aliphatic rings. The molecular formula is C19H21N5O2. The van der Waals surface area contributed by atoms with Gasteiger partial charge in [-0.1, -0.05) is 0 Å². The van der Waals surface area contributed by atoms with Crippen molar-refractivity contribution in [1.29, 1.82) is 0 Å². The van der Waals surface area contributed by atoms with Crippen molar-refractivity contribution in [2.45, 2.75) is 25.8 Å². The Bertz CT molecular complexity index is 866. The predicted molar refractivity (Wildman–Crippen MR) is 97.8 cm³/mol. The molecule has 0 spiro atoms. The van der Waals surface area contributed by atoms with E-state index >= 15 is 0 Å². The maximum atomic E-state index is 12.3. The van der Waals surface area contributed by atoms with Crippen molar-refractivity contribution < 1.29 is 9.21 Å². The van der Waals surface area contributed by atoms with Crippen molar-refractivity contribution in [3.05, 3.63) is 54.0 Å². The normalized spacial score (nSPS) is 14.4. The summed E-state index contributed by atoms with van der Waals surface area (Å²) in [5, 5.41) is 9.78. The standard InChI is InChI=1S/C19H21N5O2/c25-19(16-12-15(22-23-16)17-5-4-10-26-17)21-13-14-6-7-20-18(11-14)24-8-2-1-3-9-24/h4-7,10-12H,1-3,8-9,13H2,(H,21,25)(H,22,23). The second-order valence-electron chi connectivity index (χ2n) is 6.40. The van der Waals surface area contributed by atoms with Crippen molar-refractivity contribution in [2.24, 2.45) is 0 Å². The molecule has 2 N–H and O–H groups in total. The maximum absolute atomic E-state index is 12.3. The lowest BCUT2D eigenvalue weighted by molar-refractivity contribution is 0.0946. The number of carbonyl (C=O) groups is 1. The second kappa shape index (κ2) is 7.43. The smallest absolute Gasteiger partial charge is 0.272 e. The highest BCUT2D eigenvalue weighted by atomic mass is 16.3. The Morgan fingerprint density at radius 3 is 2.92 bits per heavy atom. The SMILES string of the molecule is O=C(NCc1ccnc(N2CCCCC2)c1)c1cc(-c2ccco2)[nH]n1. The third-order valence-corrected chi connectivity index (χ3v) is 4.54. The lowest BCUT2D eigenvalue weighted by Gasteiger charge is -2.27. The topological polar surface area (TPSA) is 87.0 Å². The van der Waals surface area contributed by atoms with Crippen molar-refractivity contribution in [2.75, 3.05) is 18.0 Å². The average molecular weight is 351 g/mol. The largest absolute Gasteiger partial charge is 0.463 e. The quantitative estimate of drug-likeness (QED) is 0.738. The van der Waals surface area contributed by atoms with Crippen molar-refractivity contribution in [1.82, 2.24) is 20.5 Å². The molecule has 1 saturated heterocycles. The molecule has 26 heavy (non-hydrogen) atoms. The molecule has 0 aromatic carbocycles. The zero-order valence-electron chi connectivity index (χ0n) is 14.4. The Morgan fingerprint density at radius 1 is 1.23 bits per heavy atom. The number of anilines is 1. The van der Waals surface area contributed by atoms with Crippen LogP contribution in [-0.4, -0.2) is 34.2 Å². The van der Waals surface area contributed by atoms with Crippen LogP contribution >= 0.6 is 0 Å². The summed E-state index contributed by atoms with van der Waals surface area (Å²) >= 11 is 0. The number of rotatable bonds is 5. The molecule has 134 valence electrons. The monoisotopic (exact) mass is 351 g/mol. The average Bonchev–Trinajstić information content (AvgIpc) is 3.38. The molecule has 0 atom stereocenters. The van der Waals surface area contributed by atoms with Crippen LogP contribution in [-0.2, 0) is 6.54 Å².